The Hall–Kier alpha value is -1.35. The maximum absolute atomic E-state index is 10.6. The number of rotatable bonds is 4. The molecule has 1 fully saturated rings. The standard InChI is InChI=1S/C15H21NO2/c16-14-4-2-1-3-13(14)9-11-5-7-12(8-6-11)10-15(17)18/h5-8,13-14H,1-4,9-10,16H2,(H,17,18). The van der Waals surface area contributed by atoms with Gasteiger partial charge in [0.25, 0.3) is 0 Å². The minimum Gasteiger partial charge on any atom is -0.481 e. The molecule has 18 heavy (non-hydrogen) atoms. The van der Waals surface area contributed by atoms with Gasteiger partial charge in [0.05, 0.1) is 6.42 Å². The summed E-state index contributed by atoms with van der Waals surface area (Å²) in [4.78, 5) is 10.6. The summed E-state index contributed by atoms with van der Waals surface area (Å²) in [7, 11) is 0. The van der Waals surface area contributed by atoms with Crippen LogP contribution in [0.1, 0.15) is 36.8 Å². The monoisotopic (exact) mass is 247 g/mol. The van der Waals surface area contributed by atoms with Gasteiger partial charge < -0.3 is 10.8 Å². The average molecular weight is 247 g/mol. The Kier molecular flexibility index (Phi) is 4.37. The summed E-state index contributed by atoms with van der Waals surface area (Å²) < 4.78 is 0. The summed E-state index contributed by atoms with van der Waals surface area (Å²) in [6.07, 6.45) is 6.03. The van der Waals surface area contributed by atoms with Crippen molar-refractivity contribution in [3.63, 3.8) is 0 Å². The van der Waals surface area contributed by atoms with E-state index in [1.807, 2.05) is 24.3 Å². The van der Waals surface area contributed by atoms with Crippen molar-refractivity contribution < 1.29 is 9.90 Å². The third-order valence-corrected chi connectivity index (χ3v) is 3.84. The van der Waals surface area contributed by atoms with Crippen LogP contribution in [0.2, 0.25) is 0 Å². The molecule has 1 aromatic rings. The molecule has 0 amide bonds. The molecule has 2 atom stereocenters. The molecule has 1 aliphatic rings. The zero-order chi connectivity index (χ0) is 13.0. The Labute approximate surface area is 108 Å². The van der Waals surface area contributed by atoms with Crippen LogP contribution in [0.3, 0.4) is 0 Å². The van der Waals surface area contributed by atoms with Crippen LogP contribution in [-0.4, -0.2) is 17.1 Å². The third-order valence-electron chi connectivity index (χ3n) is 3.84. The molecule has 1 aromatic carbocycles. The van der Waals surface area contributed by atoms with Gasteiger partial charge in [-0.2, -0.15) is 0 Å². The van der Waals surface area contributed by atoms with Gasteiger partial charge in [-0.25, -0.2) is 0 Å². The predicted molar refractivity (Wildman–Crippen MR) is 71.4 cm³/mol. The van der Waals surface area contributed by atoms with E-state index >= 15 is 0 Å². The van der Waals surface area contributed by atoms with Gasteiger partial charge in [0.2, 0.25) is 0 Å². The van der Waals surface area contributed by atoms with E-state index < -0.39 is 5.97 Å². The molecule has 0 bridgehead atoms. The van der Waals surface area contributed by atoms with Crippen LogP contribution < -0.4 is 5.73 Å². The fraction of sp³-hybridized carbons (Fsp3) is 0.533. The van der Waals surface area contributed by atoms with Crippen LogP contribution in [0.4, 0.5) is 0 Å². The molecule has 0 aromatic heterocycles. The lowest BCUT2D eigenvalue weighted by atomic mass is 9.81. The van der Waals surface area contributed by atoms with E-state index in [0.29, 0.717) is 12.0 Å². The summed E-state index contributed by atoms with van der Waals surface area (Å²) >= 11 is 0. The molecular weight excluding hydrogens is 226 g/mol. The molecule has 0 radical (unpaired) electrons. The number of hydrogen-bond donors (Lipinski definition) is 2. The second-order valence-corrected chi connectivity index (χ2v) is 5.30. The lowest BCUT2D eigenvalue weighted by Gasteiger charge is -2.28. The van der Waals surface area contributed by atoms with Gasteiger partial charge in [0.15, 0.2) is 0 Å². The fourth-order valence-electron chi connectivity index (χ4n) is 2.76. The van der Waals surface area contributed by atoms with Gasteiger partial charge in [-0.3, -0.25) is 4.79 Å². The number of aliphatic carboxylic acids is 1. The number of carboxylic acids is 1. The van der Waals surface area contributed by atoms with Crippen molar-refractivity contribution in [2.24, 2.45) is 11.7 Å². The first-order valence-electron chi connectivity index (χ1n) is 6.70. The highest BCUT2D eigenvalue weighted by Gasteiger charge is 2.21. The van der Waals surface area contributed by atoms with Gasteiger partial charge >= 0.3 is 5.97 Å². The normalized spacial score (nSPS) is 23.8. The Morgan fingerprint density at radius 1 is 1.17 bits per heavy atom. The van der Waals surface area contributed by atoms with Crippen LogP contribution in [0.25, 0.3) is 0 Å². The van der Waals surface area contributed by atoms with E-state index in [-0.39, 0.29) is 6.42 Å². The summed E-state index contributed by atoms with van der Waals surface area (Å²) in [5.41, 5.74) is 8.28. The maximum atomic E-state index is 10.6. The number of carbonyl (C=O) groups is 1. The van der Waals surface area contributed by atoms with Crippen LogP contribution in [-0.2, 0) is 17.6 Å². The number of nitrogens with two attached hydrogens (primary N) is 1. The molecule has 0 saturated heterocycles. The topological polar surface area (TPSA) is 63.3 Å². The molecule has 2 rings (SSSR count). The molecule has 3 nitrogen and oxygen atoms in total. The van der Waals surface area contributed by atoms with Crippen molar-refractivity contribution in [3.8, 4) is 0 Å². The zero-order valence-electron chi connectivity index (χ0n) is 10.6. The van der Waals surface area contributed by atoms with Gasteiger partial charge in [-0.15, -0.1) is 0 Å². The van der Waals surface area contributed by atoms with E-state index in [4.69, 9.17) is 10.8 Å². The minimum atomic E-state index is -0.781. The highest BCUT2D eigenvalue weighted by atomic mass is 16.4. The number of carboxylic acid groups (broad SMARTS) is 1. The molecule has 2 unspecified atom stereocenters. The lowest BCUT2D eigenvalue weighted by molar-refractivity contribution is -0.136. The molecule has 0 spiro atoms. The van der Waals surface area contributed by atoms with Gasteiger partial charge in [-0.05, 0) is 36.3 Å². The molecule has 0 aliphatic heterocycles. The SMILES string of the molecule is NC1CCCCC1Cc1ccc(CC(=O)O)cc1. The van der Waals surface area contributed by atoms with Gasteiger partial charge in [0.1, 0.15) is 0 Å². The molecular formula is C15H21NO2. The predicted octanol–water partition coefficient (Wildman–Crippen LogP) is 2.37. The lowest BCUT2D eigenvalue weighted by Crippen LogP contribution is -2.34. The Balaban J connectivity index is 1.95. The highest BCUT2D eigenvalue weighted by Crippen LogP contribution is 2.26. The van der Waals surface area contributed by atoms with E-state index in [1.165, 1.54) is 24.8 Å². The minimum absolute atomic E-state index is 0.100. The van der Waals surface area contributed by atoms with E-state index in [1.54, 1.807) is 0 Å². The van der Waals surface area contributed by atoms with E-state index in [9.17, 15) is 4.79 Å². The second kappa shape index (κ2) is 6.01. The average Bonchev–Trinajstić information content (AvgIpc) is 2.34. The van der Waals surface area contributed by atoms with Crippen LogP contribution >= 0.6 is 0 Å². The van der Waals surface area contributed by atoms with E-state index in [2.05, 4.69) is 0 Å². The van der Waals surface area contributed by atoms with Crippen molar-refractivity contribution >= 4 is 5.97 Å². The summed E-state index contributed by atoms with van der Waals surface area (Å²) in [6.45, 7) is 0. The third kappa shape index (κ3) is 3.57. The molecule has 1 saturated carbocycles. The number of benzene rings is 1. The van der Waals surface area contributed by atoms with Gasteiger partial charge in [-0.1, -0.05) is 37.1 Å². The fourth-order valence-corrected chi connectivity index (χ4v) is 2.76. The van der Waals surface area contributed by atoms with Crippen molar-refractivity contribution in [1.82, 2.24) is 0 Å². The van der Waals surface area contributed by atoms with Crippen LogP contribution in [0.5, 0.6) is 0 Å². The van der Waals surface area contributed by atoms with Crippen LogP contribution in [0, 0.1) is 5.92 Å². The quantitative estimate of drug-likeness (QED) is 0.858. The first-order valence-corrected chi connectivity index (χ1v) is 6.70. The van der Waals surface area contributed by atoms with Crippen molar-refractivity contribution in [3.05, 3.63) is 35.4 Å². The summed E-state index contributed by atoms with van der Waals surface area (Å²) in [6, 6.07) is 8.24. The Morgan fingerprint density at radius 2 is 1.78 bits per heavy atom. The zero-order valence-corrected chi connectivity index (χ0v) is 10.6. The Morgan fingerprint density at radius 3 is 2.39 bits per heavy atom. The van der Waals surface area contributed by atoms with Crippen molar-refractivity contribution in [2.75, 3.05) is 0 Å². The highest BCUT2D eigenvalue weighted by molar-refractivity contribution is 5.70. The van der Waals surface area contributed by atoms with Gasteiger partial charge in [0, 0.05) is 6.04 Å². The summed E-state index contributed by atoms with van der Waals surface area (Å²) in [5, 5.41) is 8.72. The van der Waals surface area contributed by atoms with Crippen molar-refractivity contribution in [1.29, 1.82) is 0 Å². The largest absolute Gasteiger partial charge is 0.481 e. The first kappa shape index (κ1) is 13.1. The second-order valence-electron chi connectivity index (χ2n) is 5.30. The Bertz CT molecular complexity index is 399. The molecule has 0 heterocycles. The molecule has 3 N–H and O–H groups in total. The molecule has 1 aliphatic carbocycles. The summed E-state index contributed by atoms with van der Waals surface area (Å²) in [5.74, 6) is -0.193. The first-order chi connectivity index (χ1) is 8.65. The number of hydrogen-bond acceptors (Lipinski definition) is 2. The molecule has 3 heteroatoms. The molecule has 98 valence electrons. The van der Waals surface area contributed by atoms with E-state index in [0.717, 1.165) is 18.4 Å². The van der Waals surface area contributed by atoms with Crippen LogP contribution in [0.15, 0.2) is 24.3 Å². The smallest absolute Gasteiger partial charge is 0.307 e. The maximum Gasteiger partial charge on any atom is 0.307 e. The van der Waals surface area contributed by atoms with Crippen molar-refractivity contribution in [2.45, 2.75) is 44.6 Å².